The molecule has 2 heterocycles. The summed E-state index contributed by atoms with van der Waals surface area (Å²) < 4.78 is 0. The van der Waals surface area contributed by atoms with Gasteiger partial charge in [-0.2, -0.15) is 0 Å². The third-order valence-corrected chi connectivity index (χ3v) is 4.37. The topological polar surface area (TPSA) is 53.5 Å². The molecule has 2 amide bonds. The van der Waals surface area contributed by atoms with E-state index in [2.05, 4.69) is 4.98 Å². The van der Waals surface area contributed by atoms with E-state index in [4.69, 9.17) is 11.6 Å². The molecule has 1 saturated heterocycles. The number of aromatic nitrogens is 1. The second-order valence-electron chi connectivity index (χ2n) is 5.57. The Labute approximate surface area is 145 Å². The minimum Gasteiger partial charge on any atom is -0.325 e. The molecule has 3 rings (SSSR count). The quantitative estimate of drug-likeness (QED) is 0.802. The van der Waals surface area contributed by atoms with E-state index in [1.807, 2.05) is 37.3 Å². The van der Waals surface area contributed by atoms with E-state index in [9.17, 15) is 9.59 Å². The minimum atomic E-state index is -0.469. The van der Waals surface area contributed by atoms with Gasteiger partial charge in [-0.15, -0.1) is 0 Å². The highest BCUT2D eigenvalue weighted by atomic mass is 35.5. The molecule has 0 bridgehead atoms. The number of amides is 2. The lowest BCUT2D eigenvalue weighted by molar-refractivity contribution is -0.120. The minimum absolute atomic E-state index is 0.0570. The number of rotatable bonds is 4. The maximum Gasteiger partial charge on any atom is 0.273 e. The van der Waals surface area contributed by atoms with Gasteiger partial charge in [-0.05, 0) is 37.6 Å². The number of likely N-dealkylation sites (N-methyl/N-ethyl adjacent to an activating group) is 1. The molecule has 1 atom stereocenters. The molecule has 124 valence electrons. The molecular weight excluding hydrogens is 326 g/mol. The molecule has 1 unspecified atom stereocenters. The zero-order valence-corrected chi connectivity index (χ0v) is 14.1. The van der Waals surface area contributed by atoms with Crippen LogP contribution in [0.4, 0.5) is 5.69 Å². The van der Waals surface area contributed by atoms with E-state index in [-0.39, 0.29) is 22.7 Å². The lowest BCUT2D eigenvalue weighted by Crippen LogP contribution is -2.45. The van der Waals surface area contributed by atoms with Crippen molar-refractivity contribution in [3.05, 3.63) is 59.4 Å². The van der Waals surface area contributed by atoms with Crippen LogP contribution in [0.2, 0.25) is 5.15 Å². The summed E-state index contributed by atoms with van der Waals surface area (Å²) in [6.45, 7) is 2.90. The molecule has 0 spiro atoms. The predicted molar refractivity (Wildman–Crippen MR) is 93.2 cm³/mol. The van der Waals surface area contributed by atoms with E-state index >= 15 is 0 Å². The molecule has 5 nitrogen and oxygen atoms in total. The zero-order chi connectivity index (χ0) is 17.1. The Morgan fingerprint density at radius 1 is 1.25 bits per heavy atom. The molecule has 6 heteroatoms. The van der Waals surface area contributed by atoms with Crippen molar-refractivity contribution in [1.29, 1.82) is 0 Å². The first-order valence-corrected chi connectivity index (χ1v) is 8.29. The third-order valence-electron chi connectivity index (χ3n) is 4.16. The molecule has 2 aromatic rings. The first kappa shape index (κ1) is 16.5. The van der Waals surface area contributed by atoms with Gasteiger partial charge in [0.05, 0.1) is 0 Å². The van der Waals surface area contributed by atoms with E-state index < -0.39 is 6.04 Å². The highest BCUT2D eigenvalue weighted by molar-refractivity contribution is 6.29. The van der Waals surface area contributed by atoms with Crippen LogP contribution in [0, 0.1) is 0 Å². The molecule has 1 fully saturated rings. The Morgan fingerprint density at radius 3 is 2.67 bits per heavy atom. The van der Waals surface area contributed by atoms with Gasteiger partial charge >= 0.3 is 0 Å². The fourth-order valence-electron chi connectivity index (χ4n) is 3.00. The summed E-state index contributed by atoms with van der Waals surface area (Å²) in [5.74, 6) is -0.327. The highest BCUT2D eigenvalue weighted by Gasteiger charge is 2.38. The molecule has 0 N–H and O–H groups in total. The number of anilines is 1. The van der Waals surface area contributed by atoms with E-state index in [0.29, 0.717) is 19.5 Å². The Morgan fingerprint density at radius 2 is 2.00 bits per heavy atom. The molecule has 1 aromatic carbocycles. The van der Waals surface area contributed by atoms with Gasteiger partial charge in [0.25, 0.3) is 5.91 Å². The Hall–Kier alpha value is -2.40. The number of para-hydroxylation sites is 1. The average molecular weight is 344 g/mol. The molecule has 0 aliphatic carbocycles. The smallest absolute Gasteiger partial charge is 0.273 e. The van der Waals surface area contributed by atoms with Gasteiger partial charge in [0.15, 0.2) is 0 Å². The van der Waals surface area contributed by atoms with Crippen molar-refractivity contribution in [1.82, 2.24) is 9.88 Å². The van der Waals surface area contributed by atoms with Gasteiger partial charge < -0.3 is 9.80 Å². The van der Waals surface area contributed by atoms with Crippen molar-refractivity contribution in [2.75, 3.05) is 18.0 Å². The van der Waals surface area contributed by atoms with Crippen LogP contribution >= 0.6 is 11.6 Å². The van der Waals surface area contributed by atoms with Crippen LogP contribution in [0.1, 0.15) is 23.8 Å². The molecule has 0 radical (unpaired) electrons. The van der Waals surface area contributed by atoms with Crippen molar-refractivity contribution in [3.8, 4) is 0 Å². The summed E-state index contributed by atoms with van der Waals surface area (Å²) in [7, 11) is 0. The summed E-state index contributed by atoms with van der Waals surface area (Å²) in [5.41, 5.74) is 1.12. The maximum absolute atomic E-state index is 12.8. The molecule has 1 aliphatic rings. The Kier molecular flexibility index (Phi) is 4.81. The van der Waals surface area contributed by atoms with Gasteiger partial charge in [-0.3, -0.25) is 9.59 Å². The van der Waals surface area contributed by atoms with Gasteiger partial charge in [-0.25, -0.2) is 4.98 Å². The predicted octanol–water partition coefficient (Wildman–Crippen LogP) is 3.00. The monoisotopic (exact) mass is 343 g/mol. The average Bonchev–Trinajstić information content (AvgIpc) is 2.98. The number of hydrogen-bond acceptors (Lipinski definition) is 3. The van der Waals surface area contributed by atoms with E-state index in [1.54, 1.807) is 28.0 Å². The van der Waals surface area contributed by atoms with Crippen LogP contribution in [0.5, 0.6) is 0 Å². The summed E-state index contributed by atoms with van der Waals surface area (Å²) in [6.07, 6.45) is 0.605. The first-order chi connectivity index (χ1) is 11.6. The SMILES string of the molecule is CCN(C(=O)c1cccc(Cl)n1)C1CCN(c2ccccc2)C1=O. The van der Waals surface area contributed by atoms with Gasteiger partial charge in [0.1, 0.15) is 16.9 Å². The molecular formula is C18H18ClN3O2. The number of nitrogens with zero attached hydrogens (tertiary/aromatic N) is 3. The summed E-state index contributed by atoms with van der Waals surface area (Å²) >= 11 is 5.87. The summed E-state index contributed by atoms with van der Waals surface area (Å²) in [4.78, 5) is 32.9. The van der Waals surface area contributed by atoms with Crippen LogP contribution in [0.3, 0.4) is 0 Å². The number of carbonyl (C=O) groups is 2. The Bertz CT molecular complexity index is 751. The third kappa shape index (κ3) is 3.12. The Balaban J connectivity index is 1.82. The lowest BCUT2D eigenvalue weighted by atomic mass is 10.2. The van der Waals surface area contributed by atoms with Crippen LogP contribution in [0.15, 0.2) is 48.5 Å². The molecule has 24 heavy (non-hydrogen) atoms. The van der Waals surface area contributed by atoms with Crippen molar-refractivity contribution in [3.63, 3.8) is 0 Å². The van der Waals surface area contributed by atoms with Crippen LogP contribution in [-0.2, 0) is 4.79 Å². The highest BCUT2D eigenvalue weighted by Crippen LogP contribution is 2.25. The first-order valence-electron chi connectivity index (χ1n) is 7.91. The van der Waals surface area contributed by atoms with Crippen molar-refractivity contribution in [2.24, 2.45) is 0 Å². The normalized spacial score (nSPS) is 17.2. The van der Waals surface area contributed by atoms with Crippen molar-refractivity contribution >= 4 is 29.1 Å². The number of carbonyl (C=O) groups excluding carboxylic acids is 2. The second kappa shape index (κ2) is 7.01. The number of pyridine rings is 1. The fourth-order valence-corrected chi connectivity index (χ4v) is 3.16. The standard InChI is InChI=1S/C18H18ClN3O2/c1-2-21(17(23)14-9-6-10-16(19)20-14)15-11-12-22(18(15)24)13-7-4-3-5-8-13/h3-10,15H,2,11-12H2,1H3. The van der Waals surface area contributed by atoms with Crippen LogP contribution in [0.25, 0.3) is 0 Å². The van der Waals surface area contributed by atoms with Crippen LogP contribution < -0.4 is 4.90 Å². The van der Waals surface area contributed by atoms with E-state index in [0.717, 1.165) is 5.69 Å². The number of hydrogen-bond donors (Lipinski definition) is 0. The van der Waals surface area contributed by atoms with E-state index in [1.165, 1.54) is 0 Å². The van der Waals surface area contributed by atoms with Crippen molar-refractivity contribution in [2.45, 2.75) is 19.4 Å². The van der Waals surface area contributed by atoms with Gasteiger partial charge in [-0.1, -0.05) is 35.9 Å². The van der Waals surface area contributed by atoms with Gasteiger partial charge in [0, 0.05) is 18.8 Å². The zero-order valence-electron chi connectivity index (χ0n) is 13.4. The largest absolute Gasteiger partial charge is 0.325 e. The van der Waals surface area contributed by atoms with Gasteiger partial charge in [0.2, 0.25) is 5.91 Å². The second-order valence-corrected chi connectivity index (χ2v) is 5.95. The summed E-state index contributed by atoms with van der Waals surface area (Å²) in [6, 6.07) is 14.0. The number of halogens is 1. The molecule has 1 aromatic heterocycles. The lowest BCUT2D eigenvalue weighted by Gasteiger charge is -2.26. The number of benzene rings is 1. The fraction of sp³-hybridized carbons (Fsp3) is 0.278. The summed E-state index contributed by atoms with van der Waals surface area (Å²) in [5, 5.41) is 0.264. The van der Waals surface area contributed by atoms with Crippen LogP contribution in [-0.4, -0.2) is 40.8 Å². The molecule has 1 aliphatic heterocycles. The van der Waals surface area contributed by atoms with Crippen molar-refractivity contribution < 1.29 is 9.59 Å². The molecule has 0 saturated carbocycles. The maximum atomic E-state index is 12.8.